The van der Waals surface area contributed by atoms with Crippen LogP contribution in [-0.2, 0) is 9.53 Å². The summed E-state index contributed by atoms with van der Waals surface area (Å²) >= 11 is 0. The SMILES string of the molecule is COC(=O)C1(C)N=NN=C1N(C)C. The molecule has 0 aliphatic carbocycles. The molecule has 0 radical (unpaired) electrons. The third-order valence-corrected chi connectivity index (χ3v) is 1.83. The Kier molecular flexibility index (Phi) is 2.31. The van der Waals surface area contributed by atoms with E-state index in [-0.39, 0.29) is 0 Å². The average Bonchev–Trinajstić information content (AvgIpc) is 2.47. The quantitative estimate of drug-likeness (QED) is 0.549. The van der Waals surface area contributed by atoms with Gasteiger partial charge in [0.05, 0.1) is 7.11 Å². The van der Waals surface area contributed by atoms with E-state index in [1.807, 2.05) is 0 Å². The number of hydrogen-bond acceptors (Lipinski definition) is 6. The first-order chi connectivity index (χ1) is 6.02. The molecule has 0 aromatic carbocycles. The number of ether oxygens (including phenoxy) is 1. The summed E-state index contributed by atoms with van der Waals surface area (Å²) in [4.78, 5) is 13.1. The Morgan fingerprint density at radius 1 is 1.54 bits per heavy atom. The van der Waals surface area contributed by atoms with Crippen molar-refractivity contribution in [3.8, 4) is 0 Å². The molecule has 1 unspecified atom stereocenters. The maximum atomic E-state index is 11.4. The first kappa shape index (κ1) is 9.63. The second kappa shape index (κ2) is 3.12. The van der Waals surface area contributed by atoms with Crippen molar-refractivity contribution in [3.63, 3.8) is 0 Å². The van der Waals surface area contributed by atoms with E-state index < -0.39 is 11.5 Å². The molecular formula is C7H12N4O2. The van der Waals surface area contributed by atoms with Gasteiger partial charge in [0.25, 0.3) is 0 Å². The third kappa shape index (κ3) is 1.39. The maximum absolute atomic E-state index is 11.4. The van der Waals surface area contributed by atoms with Crippen LogP contribution < -0.4 is 0 Å². The van der Waals surface area contributed by atoms with E-state index in [4.69, 9.17) is 0 Å². The summed E-state index contributed by atoms with van der Waals surface area (Å²) in [6.45, 7) is 1.62. The molecule has 6 nitrogen and oxygen atoms in total. The van der Waals surface area contributed by atoms with Crippen molar-refractivity contribution < 1.29 is 9.53 Å². The fourth-order valence-electron chi connectivity index (χ4n) is 1.15. The summed E-state index contributed by atoms with van der Waals surface area (Å²) in [7, 11) is 4.86. The second-order valence-electron chi connectivity index (χ2n) is 3.07. The van der Waals surface area contributed by atoms with Crippen LogP contribution >= 0.6 is 0 Å². The van der Waals surface area contributed by atoms with E-state index in [2.05, 4.69) is 20.2 Å². The molecule has 13 heavy (non-hydrogen) atoms. The third-order valence-electron chi connectivity index (χ3n) is 1.83. The predicted molar refractivity (Wildman–Crippen MR) is 46.4 cm³/mol. The van der Waals surface area contributed by atoms with Crippen LogP contribution in [0.15, 0.2) is 15.4 Å². The maximum Gasteiger partial charge on any atom is 0.343 e. The number of nitrogens with zero attached hydrogens (tertiary/aromatic N) is 4. The van der Waals surface area contributed by atoms with E-state index in [0.29, 0.717) is 5.84 Å². The molecule has 0 saturated carbocycles. The van der Waals surface area contributed by atoms with Crippen molar-refractivity contribution >= 4 is 11.8 Å². The lowest BCUT2D eigenvalue weighted by atomic mass is 10.0. The minimum atomic E-state index is -1.09. The highest BCUT2D eigenvalue weighted by Crippen LogP contribution is 2.22. The monoisotopic (exact) mass is 184 g/mol. The Morgan fingerprint density at radius 3 is 2.62 bits per heavy atom. The number of esters is 1. The molecule has 0 N–H and O–H groups in total. The van der Waals surface area contributed by atoms with E-state index in [1.165, 1.54) is 7.11 Å². The van der Waals surface area contributed by atoms with Crippen LogP contribution in [0.5, 0.6) is 0 Å². The first-order valence-electron chi connectivity index (χ1n) is 3.78. The van der Waals surface area contributed by atoms with Gasteiger partial charge in [0.1, 0.15) is 0 Å². The zero-order chi connectivity index (χ0) is 10.1. The molecule has 0 saturated heterocycles. The lowest BCUT2D eigenvalue weighted by molar-refractivity contribution is -0.143. The molecule has 0 aromatic rings. The van der Waals surface area contributed by atoms with Crippen molar-refractivity contribution in [1.82, 2.24) is 4.90 Å². The van der Waals surface area contributed by atoms with Crippen LogP contribution in [0.3, 0.4) is 0 Å². The summed E-state index contributed by atoms with van der Waals surface area (Å²) in [5.74, 6) is 0.0283. The molecule has 0 aromatic heterocycles. The molecule has 0 fully saturated rings. The number of amidine groups is 1. The van der Waals surface area contributed by atoms with Gasteiger partial charge in [-0.05, 0) is 12.1 Å². The lowest BCUT2D eigenvalue weighted by Crippen LogP contribution is -2.47. The Bertz CT molecular complexity index is 284. The fraction of sp³-hybridized carbons (Fsp3) is 0.714. The number of carbonyl (C=O) groups excluding carboxylic acids is 1. The van der Waals surface area contributed by atoms with E-state index >= 15 is 0 Å². The Morgan fingerprint density at radius 2 is 2.15 bits per heavy atom. The molecule has 1 atom stereocenters. The molecule has 1 heterocycles. The van der Waals surface area contributed by atoms with Crippen LogP contribution in [0.25, 0.3) is 0 Å². The van der Waals surface area contributed by atoms with Gasteiger partial charge < -0.3 is 9.64 Å². The highest BCUT2D eigenvalue weighted by molar-refractivity contribution is 6.10. The van der Waals surface area contributed by atoms with Crippen molar-refractivity contribution in [2.45, 2.75) is 12.5 Å². The van der Waals surface area contributed by atoms with Gasteiger partial charge in [0, 0.05) is 14.1 Å². The molecule has 0 amide bonds. The van der Waals surface area contributed by atoms with Gasteiger partial charge in [-0.15, -0.1) is 10.2 Å². The van der Waals surface area contributed by atoms with Gasteiger partial charge in [-0.2, -0.15) is 0 Å². The molecule has 0 bridgehead atoms. The van der Waals surface area contributed by atoms with Gasteiger partial charge in [0.15, 0.2) is 5.84 Å². The average molecular weight is 184 g/mol. The Labute approximate surface area is 76.3 Å². The number of carbonyl (C=O) groups is 1. The van der Waals surface area contributed by atoms with Crippen LogP contribution in [-0.4, -0.2) is 43.4 Å². The predicted octanol–water partition coefficient (Wildman–Crippen LogP) is 0.259. The molecule has 0 spiro atoms. The summed E-state index contributed by atoms with van der Waals surface area (Å²) in [6, 6.07) is 0. The van der Waals surface area contributed by atoms with Gasteiger partial charge in [-0.25, -0.2) is 4.79 Å². The number of methoxy groups -OCH3 is 1. The minimum Gasteiger partial charge on any atom is -0.467 e. The zero-order valence-corrected chi connectivity index (χ0v) is 8.11. The van der Waals surface area contributed by atoms with Gasteiger partial charge in [-0.1, -0.05) is 0 Å². The number of hydrogen-bond donors (Lipinski definition) is 0. The van der Waals surface area contributed by atoms with Crippen molar-refractivity contribution in [3.05, 3.63) is 0 Å². The van der Waals surface area contributed by atoms with E-state index in [0.717, 1.165) is 0 Å². The normalized spacial score (nSPS) is 25.7. The largest absolute Gasteiger partial charge is 0.467 e. The highest BCUT2D eigenvalue weighted by Gasteiger charge is 2.45. The summed E-state index contributed by atoms with van der Waals surface area (Å²) < 4.78 is 4.62. The standard InChI is InChI=1S/C7H12N4O2/c1-7(6(12)13-4)5(11(2)3)8-10-9-7/h1-4H3. The molecule has 6 heteroatoms. The van der Waals surface area contributed by atoms with E-state index in [9.17, 15) is 4.79 Å². The molecule has 1 aliphatic heterocycles. The van der Waals surface area contributed by atoms with Crippen molar-refractivity contribution in [2.75, 3.05) is 21.2 Å². The summed E-state index contributed by atoms with van der Waals surface area (Å²) in [5, 5.41) is 11.0. The molecular weight excluding hydrogens is 172 g/mol. The summed E-state index contributed by atoms with van der Waals surface area (Å²) in [6.07, 6.45) is 0. The van der Waals surface area contributed by atoms with Crippen molar-refractivity contribution in [2.24, 2.45) is 15.4 Å². The zero-order valence-electron chi connectivity index (χ0n) is 8.11. The Balaban J connectivity index is 2.97. The number of rotatable bonds is 1. The fourth-order valence-corrected chi connectivity index (χ4v) is 1.15. The molecule has 1 aliphatic rings. The Hall–Kier alpha value is -1.46. The van der Waals surface area contributed by atoms with Gasteiger partial charge >= 0.3 is 5.97 Å². The smallest absolute Gasteiger partial charge is 0.343 e. The second-order valence-corrected chi connectivity index (χ2v) is 3.07. The highest BCUT2D eigenvalue weighted by atomic mass is 16.5. The van der Waals surface area contributed by atoms with Gasteiger partial charge in [0.2, 0.25) is 5.54 Å². The van der Waals surface area contributed by atoms with Gasteiger partial charge in [-0.3, -0.25) is 0 Å². The number of likely N-dealkylation sites (N-methyl/N-ethyl adjacent to an activating group) is 1. The lowest BCUT2D eigenvalue weighted by Gasteiger charge is -2.22. The topological polar surface area (TPSA) is 66.6 Å². The molecule has 72 valence electrons. The minimum absolute atomic E-state index is 0.457. The molecule has 1 rings (SSSR count). The van der Waals surface area contributed by atoms with E-state index in [1.54, 1.807) is 25.9 Å². The van der Waals surface area contributed by atoms with Crippen molar-refractivity contribution in [1.29, 1.82) is 0 Å². The van der Waals surface area contributed by atoms with Crippen LogP contribution in [0.2, 0.25) is 0 Å². The first-order valence-corrected chi connectivity index (χ1v) is 3.78. The van der Waals surface area contributed by atoms with Crippen LogP contribution in [0.1, 0.15) is 6.92 Å². The van der Waals surface area contributed by atoms with Crippen LogP contribution in [0.4, 0.5) is 0 Å². The summed E-state index contributed by atoms with van der Waals surface area (Å²) in [5.41, 5.74) is -1.09. The van der Waals surface area contributed by atoms with Crippen LogP contribution in [0, 0.1) is 0 Å².